The van der Waals surface area contributed by atoms with E-state index in [9.17, 15) is 0 Å². The fourth-order valence-electron chi connectivity index (χ4n) is 1.94. The Morgan fingerprint density at radius 2 is 1.83 bits per heavy atom. The Balaban J connectivity index is 2.34. The van der Waals surface area contributed by atoms with Crippen molar-refractivity contribution in [2.24, 2.45) is 0 Å². The van der Waals surface area contributed by atoms with Crippen LogP contribution in [0, 0.1) is 0 Å². The molecule has 0 aliphatic carbocycles. The van der Waals surface area contributed by atoms with Gasteiger partial charge < -0.3 is 0 Å². The first-order valence-electron chi connectivity index (χ1n) is 4.56. The summed E-state index contributed by atoms with van der Waals surface area (Å²) in [5.74, 6) is 0. The number of benzene rings is 1. The summed E-state index contributed by atoms with van der Waals surface area (Å²) in [6, 6.07) is 13.8. The average molecular weight is 174 g/mol. The van der Waals surface area contributed by atoms with Gasteiger partial charge in [-0.25, -0.2) is 0 Å². The van der Waals surface area contributed by atoms with Gasteiger partial charge in [0, 0.05) is 0 Å². The van der Waals surface area contributed by atoms with Gasteiger partial charge in [0.1, 0.15) is 8.07 Å². The van der Waals surface area contributed by atoms with E-state index >= 15 is 0 Å². The summed E-state index contributed by atoms with van der Waals surface area (Å²) in [5, 5.41) is 1.58. The highest BCUT2D eigenvalue weighted by Crippen LogP contribution is 2.32. The van der Waals surface area contributed by atoms with Gasteiger partial charge in [-0.2, -0.15) is 0 Å². The van der Waals surface area contributed by atoms with Gasteiger partial charge in [-0.05, 0) is 0 Å². The highest BCUT2D eigenvalue weighted by molar-refractivity contribution is 6.97. The summed E-state index contributed by atoms with van der Waals surface area (Å²) in [4.78, 5) is 0. The molecule has 0 amide bonds. The van der Waals surface area contributed by atoms with Gasteiger partial charge in [0.15, 0.2) is 0 Å². The van der Waals surface area contributed by atoms with Crippen molar-refractivity contribution >= 4 is 13.3 Å². The summed E-state index contributed by atoms with van der Waals surface area (Å²) in [7, 11) is -1.13. The number of hydrogen-bond acceptors (Lipinski definition) is 0. The maximum Gasteiger partial charge on any atom is 0.109 e. The molecule has 1 aliphatic rings. The second kappa shape index (κ2) is 2.90. The first-order valence-corrected chi connectivity index (χ1v) is 7.06. The Kier molecular flexibility index (Phi) is 1.89. The predicted octanol–water partition coefficient (Wildman–Crippen LogP) is 2.47. The quantitative estimate of drug-likeness (QED) is 0.604. The molecule has 1 aromatic carbocycles. The predicted molar refractivity (Wildman–Crippen MR) is 56.3 cm³/mol. The molecule has 1 saturated heterocycles. The van der Waals surface area contributed by atoms with Crippen molar-refractivity contribution in [1.29, 1.82) is 0 Å². The van der Waals surface area contributed by atoms with Gasteiger partial charge in [-0.1, -0.05) is 59.7 Å². The van der Waals surface area contributed by atoms with E-state index in [2.05, 4.69) is 42.6 Å². The average Bonchev–Trinajstić information content (AvgIpc) is 2.05. The van der Waals surface area contributed by atoms with Crippen molar-refractivity contribution in [1.82, 2.24) is 0 Å². The molecule has 1 heterocycles. The van der Waals surface area contributed by atoms with Crippen molar-refractivity contribution in [3.05, 3.63) is 42.6 Å². The monoisotopic (exact) mass is 174 g/mol. The van der Waals surface area contributed by atoms with E-state index in [0.717, 1.165) is 0 Å². The van der Waals surface area contributed by atoms with Crippen LogP contribution in [0.3, 0.4) is 0 Å². The second-order valence-electron chi connectivity index (χ2n) is 3.58. The summed E-state index contributed by atoms with van der Waals surface area (Å²) in [5.41, 5.74) is 2.26. The van der Waals surface area contributed by atoms with Crippen molar-refractivity contribution < 1.29 is 0 Å². The minimum atomic E-state index is -1.13. The van der Waals surface area contributed by atoms with E-state index in [4.69, 9.17) is 0 Å². The van der Waals surface area contributed by atoms with Crippen LogP contribution in [0.4, 0.5) is 0 Å². The third-order valence-electron chi connectivity index (χ3n) is 2.99. The molecular formula is C11H14Si. The molecular weight excluding hydrogens is 160 g/mol. The SMILES string of the molecule is C=C[Si]1(c2ccccc2)CCC1. The van der Waals surface area contributed by atoms with Crippen molar-refractivity contribution in [3.63, 3.8) is 0 Å². The van der Waals surface area contributed by atoms with Crippen LogP contribution in [0.5, 0.6) is 0 Å². The Bertz CT molecular complexity index is 272. The normalized spacial score (nSPS) is 19.7. The third-order valence-corrected chi connectivity index (χ3v) is 7.74. The molecule has 12 heavy (non-hydrogen) atoms. The van der Waals surface area contributed by atoms with Crippen LogP contribution in [0.25, 0.3) is 0 Å². The van der Waals surface area contributed by atoms with Gasteiger partial charge >= 0.3 is 0 Å². The molecule has 2 rings (SSSR count). The van der Waals surface area contributed by atoms with Crippen LogP contribution >= 0.6 is 0 Å². The molecule has 0 aromatic heterocycles. The molecule has 0 unspecified atom stereocenters. The van der Waals surface area contributed by atoms with Crippen molar-refractivity contribution in [3.8, 4) is 0 Å². The Morgan fingerprint density at radius 3 is 2.25 bits per heavy atom. The van der Waals surface area contributed by atoms with Crippen LogP contribution in [-0.2, 0) is 0 Å². The van der Waals surface area contributed by atoms with Crippen LogP contribution in [0.2, 0.25) is 12.1 Å². The van der Waals surface area contributed by atoms with Gasteiger partial charge in [0.2, 0.25) is 0 Å². The lowest BCUT2D eigenvalue weighted by atomic mass is 10.4. The molecule has 62 valence electrons. The Labute approximate surface area is 74.9 Å². The fraction of sp³-hybridized carbons (Fsp3) is 0.273. The third kappa shape index (κ3) is 1.05. The van der Waals surface area contributed by atoms with Gasteiger partial charge in [-0.3, -0.25) is 0 Å². The van der Waals surface area contributed by atoms with Crippen LogP contribution < -0.4 is 5.19 Å². The molecule has 1 aliphatic heterocycles. The molecule has 0 bridgehead atoms. The standard InChI is InChI=1S/C11H14Si/c1-2-12(9-6-10-12)11-7-4-3-5-8-11/h2-5,7-8H,1,6,9-10H2. The van der Waals surface area contributed by atoms with E-state index in [0.29, 0.717) is 0 Å². The van der Waals surface area contributed by atoms with Crippen molar-refractivity contribution in [2.45, 2.75) is 18.5 Å². The van der Waals surface area contributed by atoms with Crippen LogP contribution in [-0.4, -0.2) is 8.07 Å². The van der Waals surface area contributed by atoms with Crippen LogP contribution in [0.1, 0.15) is 6.42 Å². The maximum absolute atomic E-state index is 3.99. The summed E-state index contributed by atoms with van der Waals surface area (Å²) < 4.78 is 0. The number of rotatable bonds is 2. The molecule has 1 aromatic rings. The molecule has 1 fully saturated rings. The minimum Gasteiger partial charge on any atom is -0.107 e. The summed E-state index contributed by atoms with van der Waals surface area (Å²) in [6.07, 6.45) is 1.41. The lowest BCUT2D eigenvalue weighted by Crippen LogP contribution is -2.51. The summed E-state index contributed by atoms with van der Waals surface area (Å²) >= 11 is 0. The lowest BCUT2D eigenvalue weighted by Gasteiger charge is -2.37. The molecule has 0 radical (unpaired) electrons. The summed E-state index contributed by atoms with van der Waals surface area (Å²) in [6.45, 7) is 3.99. The van der Waals surface area contributed by atoms with E-state index in [-0.39, 0.29) is 0 Å². The Morgan fingerprint density at radius 1 is 1.17 bits per heavy atom. The molecule has 0 nitrogen and oxygen atoms in total. The highest BCUT2D eigenvalue weighted by Gasteiger charge is 2.37. The zero-order valence-electron chi connectivity index (χ0n) is 7.29. The molecule has 1 heteroatoms. The van der Waals surface area contributed by atoms with E-state index in [1.165, 1.54) is 18.5 Å². The zero-order chi connectivity index (χ0) is 8.44. The smallest absolute Gasteiger partial charge is 0.107 e. The first-order chi connectivity index (χ1) is 5.87. The van der Waals surface area contributed by atoms with E-state index in [1.54, 1.807) is 5.19 Å². The molecule has 0 N–H and O–H groups in total. The van der Waals surface area contributed by atoms with Crippen molar-refractivity contribution in [2.75, 3.05) is 0 Å². The lowest BCUT2D eigenvalue weighted by molar-refractivity contribution is 0.927. The zero-order valence-corrected chi connectivity index (χ0v) is 8.29. The fourth-order valence-corrected chi connectivity index (χ4v) is 5.13. The second-order valence-corrected chi connectivity index (χ2v) is 7.88. The first kappa shape index (κ1) is 7.81. The molecule has 0 atom stereocenters. The maximum atomic E-state index is 3.99. The van der Waals surface area contributed by atoms with E-state index in [1.807, 2.05) is 0 Å². The molecule has 0 saturated carbocycles. The van der Waals surface area contributed by atoms with Gasteiger partial charge in [0.05, 0.1) is 0 Å². The topological polar surface area (TPSA) is 0 Å². The highest BCUT2D eigenvalue weighted by atomic mass is 28.3. The van der Waals surface area contributed by atoms with Crippen LogP contribution in [0.15, 0.2) is 42.6 Å². The largest absolute Gasteiger partial charge is 0.109 e. The van der Waals surface area contributed by atoms with Gasteiger partial charge in [-0.15, -0.1) is 6.58 Å². The van der Waals surface area contributed by atoms with Gasteiger partial charge in [0.25, 0.3) is 0 Å². The Hall–Kier alpha value is -0.823. The number of hydrogen-bond donors (Lipinski definition) is 0. The van der Waals surface area contributed by atoms with E-state index < -0.39 is 8.07 Å². The molecule has 0 spiro atoms. The minimum absolute atomic E-state index is 1.13.